The molecule has 0 spiro atoms. The largest absolute Gasteiger partial charge is 1.00 e. The topological polar surface area (TPSA) is 470 Å². The van der Waals surface area contributed by atoms with E-state index >= 15 is 0 Å². The number of carbonyl (C=O) groups is 8. The van der Waals surface area contributed by atoms with E-state index in [9.17, 15) is 65.5 Å². The molecule has 0 radical (unpaired) electrons. The number of hydrogen-bond donors (Lipinski definition) is 4. The number of rotatable bonds is 27. The van der Waals surface area contributed by atoms with Gasteiger partial charge in [-0.15, -0.1) is 34.3 Å². The van der Waals surface area contributed by atoms with Gasteiger partial charge in [0.05, 0.1) is 77.6 Å². The van der Waals surface area contributed by atoms with Crippen LogP contribution in [0.1, 0.15) is 189 Å². The van der Waals surface area contributed by atoms with E-state index in [2.05, 4.69) is 78.4 Å². The number of esters is 2. The first-order chi connectivity index (χ1) is 66.2. The number of ketones is 4. The monoisotopic (exact) mass is 1970 g/mol. The van der Waals surface area contributed by atoms with Crippen molar-refractivity contribution in [3.63, 3.8) is 0 Å². The fourth-order valence-corrected chi connectivity index (χ4v) is 16.1. The number of aromatic carboxylic acids is 1. The van der Waals surface area contributed by atoms with Gasteiger partial charge in [0.25, 0.3) is 11.1 Å². The Morgan fingerprint density at radius 2 is 1.01 bits per heavy atom. The molecule has 0 bridgehead atoms. The number of halogens is 5. The van der Waals surface area contributed by atoms with E-state index in [0.717, 1.165) is 127 Å². The molecule has 0 atom stereocenters. The second-order valence-electron chi connectivity index (χ2n) is 32.8. The molecule has 0 saturated carbocycles. The number of thiazole rings is 2. The van der Waals surface area contributed by atoms with Crippen molar-refractivity contribution < 1.29 is 105 Å². The summed E-state index contributed by atoms with van der Waals surface area (Å²) in [5, 5.41) is 18.3. The summed E-state index contributed by atoms with van der Waals surface area (Å²) in [6.45, 7) is 12.7. The molecule has 140 heavy (non-hydrogen) atoms. The number of nitrogens with zero attached hydrogens (tertiary/aromatic N) is 15. The number of aromatic amines is 2. The average Bonchev–Trinajstić information content (AvgIpc) is 1.58. The predicted molar refractivity (Wildman–Crippen MR) is 521 cm³/mol. The van der Waals surface area contributed by atoms with Crippen molar-refractivity contribution in [3.8, 4) is 0 Å². The number of carboxylic acid groups (broad SMARTS) is 1. The summed E-state index contributed by atoms with van der Waals surface area (Å²) in [4.78, 5) is 161. The van der Waals surface area contributed by atoms with Crippen LogP contribution in [0.3, 0.4) is 0 Å². The summed E-state index contributed by atoms with van der Waals surface area (Å²) in [5.41, 5.74) is 31.7. The molecule has 1 aliphatic heterocycles. The molecule has 11 aromatic heterocycles. The maximum absolute atomic E-state index is 13.5. The van der Waals surface area contributed by atoms with E-state index < -0.39 is 57.5 Å². The summed E-state index contributed by atoms with van der Waals surface area (Å²) in [6.07, 6.45) is 32.8. The first kappa shape index (κ1) is 111. The van der Waals surface area contributed by atoms with Crippen LogP contribution in [0.25, 0.3) is 65.2 Å². The number of hydrogen-bond acceptors (Lipinski definition) is 23. The van der Waals surface area contributed by atoms with Crippen LogP contribution in [0.2, 0.25) is 0 Å². The molecule has 4 aliphatic rings. The normalized spacial score (nSPS) is 12.0. The van der Waals surface area contributed by atoms with Crippen LogP contribution in [-0.2, 0) is 96.2 Å². The Hall–Kier alpha value is -14.2. The molecule has 13 aromatic rings. The summed E-state index contributed by atoms with van der Waals surface area (Å²) >= 11 is 8.70. The number of azide groups is 1. The third-order valence-electron chi connectivity index (χ3n) is 20.4. The van der Waals surface area contributed by atoms with Gasteiger partial charge in [-0.25, -0.2) is 42.3 Å². The molecule has 4 N–H and O–H groups in total. The number of aromatic nitrogens is 11. The first-order valence-electron chi connectivity index (χ1n) is 43.3. The fourth-order valence-electron chi connectivity index (χ4n) is 14.1. The Bertz CT molecular complexity index is 6880. The van der Waals surface area contributed by atoms with Gasteiger partial charge in [0.15, 0.2) is 46.4 Å². The average molecular weight is 1980 g/mol. The summed E-state index contributed by atoms with van der Waals surface area (Å²) in [7, 11) is 0. The molecule has 2 aromatic carbocycles. The van der Waals surface area contributed by atoms with Crippen LogP contribution in [0.5, 0.6) is 0 Å². The van der Waals surface area contributed by atoms with Crippen molar-refractivity contribution in [1.29, 1.82) is 0 Å². The van der Waals surface area contributed by atoms with Gasteiger partial charge in [0.2, 0.25) is 5.91 Å². The van der Waals surface area contributed by atoms with Crippen molar-refractivity contribution in [3.05, 3.63) is 365 Å². The summed E-state index contributed by atoms with van der Waals surface area (Å²) < 4.78 is 70.3. The number of fused-ring (bicyclic) bond motifs is 5. The zero-order valence-corrected chi connectivity index (χ0v) is 81.3. The maximum Gasteiger partial charge on any atom is 1.00 e. The van der Waals surface area contributed by atoms with Crippen molar-refractivity contribution in [2.75, 3.05) is 32.2 Å². The molecular weight excluding hydrogens is 1880 g/mol. The quantitative estimate of drug-likeness (QED) is 0.00543. The van der Waals surface area contributed by atoms with Crippen LogP contribution in [0.15, 0.2) is 222 Å². The Balaban J connectivity index is 0.000000207. The van der Waals surface area contributed by atoms with Crippen molar-refractivity contribution in [2.45, 2.75) is 157 Å². The molecular formula is C100H100ClF4N18NaO14S2. The van der Waals surface area contributed by atoms with Gasteiger partial charge in [-0.1, -0.05) is 61.1 Å². The van der Waals surface area contributed by atoms with E-state index in [1.54, 1.807) is 98.7 Å². The number of alkyl halides is 1. The zero-order valence-electron chi connectivity index (χ0n) is 76.9. The number of carboxylic acids is 1. The number of nitrogens with one attached hydrogen (secondary N) is 3. The van der Waals surface area contributed by atoms with Crippen LogP contribution in [0, 0.1) is 23.3 Å². The minimum absolute atomic E-state index is 0. The predicted octanol–water partition coefficient (Wildman–Crippen LogP) is 15.8. The molecule has 1 saturated heterocycles. The maximum atomic E-state index is 13.5. The van der Waals surface area contributed by atoms with Crippen LogP contribution < -0.4 is 46.0 Å². The number of H-pyrrole nitrogens is 2. The van der Waals surface area contributed by atoms with Crippen LogP contribution in [-0.4, -0.2) is 149 Å². The van der Waals surface area contributed by atoms with Gasteiger partial charge in [0, 0.05) is 192 Å². The minimum atomic E-state index is -1.33. The molecule has 40 heteroatoms. The number of allylic oxidation sites excluding steroid dienone is 5. The molecule has 0 unspecified atom stereocenters. The third kappa shape index (κ3) is 33.9. The number of Topliss-reactive ketones (excluding diaryl/α,β-unsaturated/α-hetero) is 4. The summed E-state index contributed by atoms with van der Waals surface area (Å²) in [6, 6.07) is 31.4. The van der Waals surface area contributed by atoms with Crippen molar-refractivity contribution in [2.24, 2.45) is 5.11 Å². The van der Waals surface area contributed by atoms with Crippen LogP contribution in [0.4, 0.5) is 17.6 Å². The van der Waals surface area contributed by atoms with E-state index in [4.69, 9.17) is 47.5 Å². The smallest absolute Gasteiger partial charge is 0.477 e. The Kier molecular flexibility index (Phi) is 43.5. The molecule has 3 aliphatic carbocycles. The van der Waals surface area contributed by atoms with Gasteiger partial charge in [-0.05, 0) is 179 Å². The number of aryl methyl sites for hydroxylation is 2. The van der Waals surface area contributed by atoms with Gasteiger partial charge < -0.3 is 54.8 Å². The number of benzene rings is 2. The van der Waals surface area contributed by atoms with E-state index in [1.807, 2.05) is 88.0 Å². The SMILES string of the molecule is C.C1CCOC1.CC(C)(C)OC(=O)CCC(=O)NCC(=O)c1c[nH]c2ncccc12.CC(C)(C)OC(=O)CCc1ncc(Cc2c[nH]c3ncccc23)s1.O=C(CCc1ncc(CC2=CCc3ncccc32)s1)c1cccn(Cc2ccc(F)c(F)c2)c1=O.O=C(CCl)C1=CCc2ncccc21.O=C(O)c1cccn(Cc2ccc(F)c(F)c2)c1=O.[N-]=[N+]=NCC(=O)C1=CCc2ncccc21.[N-]=[N+]=[N-].[Na+]. The Labute approximate surface area is 837 Å². The zero-order chi connectivity index (χ0) is 99.4. The second kappa shape index (κ2) is 54.8. The van der Waals surface area contributed by atoms with Gasteiger partial charge in [-0.2, -0.15) is 0 Å². The fraction of sp³-hybridized carbons (Fsp3) is 0.290. The van der Waals surface area contributed by atoms with E-state index in [1.165, 1.54) is 86.6 Å². The Morgan fingerprint density at radius 3 is 1.54 bits per heavy atom. The molecule has 1 fully saturated rings. The first-order valence-corrected chi connectivity index (χ1v) is 45.5. The molecule has 32 nitrogen and oxygen atoms in total. The molecule has 722 valence electrons. The molecule has 12 heterocycles. The minimum Gasteiger partial charge on any atom is -0.477 e. The van der Waals surface area contributed by atoms with E-state index in [-0.39, 0.29) is 134 Å². The number of pyridine rings is 7. The summed E-state index contributed by atoms with van der Waals surface area (Å²) in [5.74, 6) is -6.86. The number of amides is 1. The van der Waals surface area contributed by atoms with Crippen molar-refractivity contribution in [1.82, 2.24) is 59.3 Å². The van der Waals surface area contributed by atoms with E-state index in [0.29, 0.717) is 59.0 Å². The van der Waals surface area contributed by atoms with Crippen molar-refractivity contribution >= 4 is 120 Å². The number of carbonyl (C=O) groups excluding carboxylic acids is 7. The standard InChI is InChI=1S/C27H21F2N3O2S.C18H21N3O2S.C17H21N3O4.C13H9F2NO3.C10H8ClNO.C10H8N4O.C4H8O.CH4.N3.Na/c28-22-7-5-17(13-23(22)29)16-32-12-2-4-21(27(32)34)25(33)9-10-26-31-15-19(35-26)14-18-6-8-24-20(18)3-1-11-30-24;1-18(2,3)23-16(22)7-6-15-20-11-13(24-15)9-12-10-21-17-14(12)5-4-8-19-17;1-17(2,3)24-15(23)7-6-14(22)19-10-13(21)12-9-20-16-11(12)5-4-8-18-16;14-10-4-3-8(6-11(10)15)7-16-5-1-2-9(12(16)17)13(18)19;11-6-10(13)8-3-4-9-7(8)2-1-5-12-9;11-14-13-6-10(15)8-3-4-9-7(8)2-1-5-12-9;1-2-4-5-3-1;;1-3-2;/h1-7,11-13,15H,8-10,14,16H2;4-5,8,10-11H,6-7,9H2,1-3H3,(H,19,21);4-5,8-9H,6-7,10H2,1-3H3,(H,18,20)(H,19,22);1-6H,7H2,(H,18,19);1-3,5H,4,6H2;1-3,5H,4,6H2;1-4H2;1H4;;/q;;;;;;;;-1;+1. The van der Waals surface area contributed by atoms with Gasteiger partial charge in [-0.3, -0.25) is 63.0 Å². The van der Waals surface area contributed by atoms with Gasteiger partial charge >= 0.3 is 47.5 Å². The third-order valence-corrected chi connectivity index (χ3v) is 22.7. The molecule has 17 rings (SSSR count). The van der Waals surface area contributed by atoms with Gasteiger partial charge in [0.1, 0.15) is 28.1 Å². The number of ether oxygens (including phenoxy) is 3. The molecule has 1 amide bonds. The Morgan fingerprint density at radius 1 is 0.543 bits per heavy atom. The van der Waals surface area contributed by atoms with Crippen LogP contribution >= 0.6 is 34.3 Å². The second-order valence-corrected chi connectivity index (χ2v) is 35.4.